The monoisotopic (exact) mass is 260 g/mol. The average molecular weight is 261 g/mol. The molecule has 2 rings (SSSR count). The van der Waals surface area contributed by atoms with E-state index in [2.05, 4.69) is 10.6 Å². The summed E-state index contributed by atoms with van der Waals surface area (Å²) in [5.41, 5.74) is 0.705. The van der Waals surface area contributed by atoms with Gasteiger partial charge in [0.05, 0.1) is 13.1 Å². The Labute approximate surface area is 103 Å². The largest absolute Gasteiger partial charge is 0.382 e. The third-order valence-corrected chi connectivity index (χ3v) is 3.05. The van der Waals surface area contributed by atoms with E-state index < -0.39 is 0 Å². The third-order valence-electron chi connectivity index (χ3n) is 2.34. The van der Waals surface area contributed by atoms with Crippen LogP contribution in [0.2, 0.25) is 10.0 Å². The Morgan fingerprint density at radius 3 is 2.31 bits per heavy atom. The van der Waals surface area contributed by atoms with Gasteiger partial charge in [-0.2, -0.15) is 0 Å². The lowest BCUT2D eigenvalue weighted by Gasteiger charge is -2.06. The number of hydrogen-bond acceptors (Lipinski definition) is 1. The minimum Gasteiger partial charge on any atom is -0.376 e. The molecule has 0 unspecified atom stereocenters. The summed E-state index contributed by atoms with van der Waals surface area (Å²) in [5.74, 6) is 0.580. The second kappa shape index (κ2) is 4.80. The molecule has 0 bridgehead atoms. The predicted octanol–water partition coefficient (Wildman–Crippen LogP) is 1.44. The summed E-state index contributed by atoms with van der Waals surface area (Å²) in [5, 5.41) is 16.9. The van der Waals surface area contributed by atoms with Crippen molar-refractivity contribution in [3.05, 3.63) is 33.8 Å². The molecule has 1 aromatic carbocycles. The second-order valence-corrected chi connectivity index (χ2v) is 4.27. The van der Waals surface area contributed by atoms with Crippen molar-refractivity contribution in [3.63, 3.8) is 0 Å². The van der Waals surface area contributed by atoms with Gasteiger partial charge in [0.25, 0.3) is 0 Å². The number of halogens is 2. The van der Waals surface area contributed by atoms with Crippen LogP contribution < -0.4 is 10.6 Å². The summed E-state index contributed by atoms with van der Waals surface area (Å²) >= 11 is 12.0. The van der Waals surface area contributed by atoms with Crippen LogP contribution in [0.25, 0.3) is 0 Å². The SMILES string of the molecule is O[N+](Cc1c(Cl)cccc1Cl)=C1NCCN1. The number of benzene rings is 1. The summed E-state index contributed by atoms with van der Waals surface area (Å²) in [7, 11) is 0. The van der Waals surface area contributed by atoms with Gasteiger partial charge < -0.3 is 5.21 Å². The highest BCUT2D eigenvalue weighted by Gasteiger charge is 2.19. The maximum absolute atomic E-state index is 9.81. The summed E-state index contributed by atoms with van der Waals surface area (Å²) in [6.45, 7) is 1.83. The van der Waals surface area contributed by atoms with E-state index in [4.69, 9.17) is 23.2 Å². The highest BCUT2D eigenvalue weighted by molar-refractivity contribution is 6.35. The van der Waals surface area contributed by atoms with Crippen LogP contribution in [-0.2, 0) is 6.54 Å². The van der Waals surface area contributed by atoms with Gasteiger partial charge in [0, 0.05) is 15.6 Å². The average Bonchev–Trinajstić information content (AvgIpc) is 2.76. The fourth-order valence-corrected chi connectivity index (χ4v) is 2.04. The lowest BCUT2D eigenvalue weighted by molar-refractivity contribution is -0.788. The lowest BCUT2D eigenvalue weighted by Crippen LogP contribution is -2.34. The van der Waals surface area contributed by atoms with Gasteiger partial charge >= 0.3 is 5.96 Å². The maximum atomic E-state index is 9.81. The topological polar surface area (TPSA) is 47.3 Å². The molecular weight excluding hydrogens is 249 g/mol. The first kappa shape index (κ1) is 11.4. The summed E-state index contributed by atoms with van der Waals surface area (Å²) in [6, 6.07) is 5.27. The Kier molecular flexibility index (Phi) is 3.41. The van der Waals surface area contributed by atoms with Gasteiger partial charge in [-0.1, -0.05) is 34.0 Å². The molecular formula is C10H12Cl2N3O+. The molecule has 0 saturated carbocycles. The first-order chi connectivity index (χ1) is 7.68. The number of rotatable bonds is 2. The van der Waals surface area contributed by atoms with Crippen molar-refractivity contribution in [2.24, 2.45) is 0 Å². The fourth-order valence-electron chi connectivity index (χ4n) is 1.52. The molecule has 1 fully saturated rings. The third kappa shape index (κ3) is 2.33. The molecule has 1 heterocycles. The van der Waals surface area contributed by atoms with Crippen LogP contribution in [0, 0.1) is 0 Å². The maximum Gasteiger partial charge on any atom is 0.382 e. The van der Waals surface area contributed by atoms with Crippen molar-refractivity contribution in [1.29, 1.82) is 0 Å². The van der Waals surface area contributed by atoms with Crippen molar-refractivity contribution >= 4 is 29.2 Å². The van der Waals surface area contributed by atoms with E-state index in [0.29, 0.717) is 21.6 Å². The molecule has 0 spiro atoms. The quantitative estimate of drug-likeness (QED) is 0.429. The van der Waals surface area contributed by atoms with Gasteiger partial charge in [-0.3, -0.25) is 10.6 Å². The minimum absolute atomic E-state index is 0.244. The summed E-state index contributed by atoms with van der Waals surface area (Å²) < 4.78 is 1.07. The van der Waals surface area contributed by atoms with Gasteiger partial charge in [-0.05, 0) is 12.1 Å². The van der Waals surface area contributed by atoms with E-state index in [1.807, 2.05) is 0 Å². The van der Waals surface area contributed by atoms with E-state index in [0.717, 1.165) is 17.8 Å². The second-order valence-electron chi connectivity index (χ2n) is 3.46. The summed E-state index contributed by atoms with van der Waals surface area (Å²) in [6.07, 6.45) is 0. The molecule has 4 nitrogen and oxygen atoms in total. The van der Waals surface area contributed by atoms with Crippen LogP contribution in [-0.4, -0.2) is 29.0 Å². The Morgan fingerprint density at radius 2 is 1.75 bits per heavy atom. The van der Waals surface area contributed by atoms with Crippen molar-refractivity contribution in [1.82, 2.24) is 10.6 Å². The van der Waals surface area contributed by atoms with E-state index in [1.54, 1.807) is 18.2 Å². The van der Waals surface area contributed by atoms with Gasteiger partial charge in [0.2, 0.25) is 0 Å². The van der Waals surface area contributed by atoms with Crippen LogP contribution in [0.15, 0.2) is 18.2 Å². The molecule has 0 atom stereocenters. The highest BCUT2D eigenvalue weighted by atomic mass is 35.5. The van der Waals surface area contributed by atoms with Crippen LogP contribution in [0.4, 0.5) is 0 Å². The minimum atomic E-state index is 0.244. The molecule has 3 N–H and O–H groups in total. The number of nitrogens with one attached hydrogen (secondary N) is 2. The van der Waals surface area contributed by atoms with Gasteiger partial charge in [-0.25, -0.2) is 0 Å². The van der Waals surface area contributed by atoms with E-state index in [9.17, 15) is 5.21 Å². The van der Waals surface area contributed by atoms with Gasteiger partial charge in [0.1, 0.15) is 6.54 Å². The molecule has 1 aliphatic heterocycles. The first-order valence-electron chi connectivity index (χ1n) is 4.92. The Bertz CT molecular complexity index is 406. The zero-order chi connectivity index (χ0) is 11.5. The lowest BCUT2D eigenvalue weighted by atomic mass is 10.2. The molecule has 0 aromatic heterocycles. The molecule has 6 heteroatoms. The molecule has 86 valence electrons. The Hall–Kier alpha value is -1.13. The standard InChI is InChI=1S/C10H11Cl2N3O/c11-8-2-1-3-9(12)7(8)6-15(16)10-13-4-5-14-10/h1-3,16H,4-6H2,(H,13,14)/p+1. The molecule has 0 amide bonds. The normalized spacial score (nSPS) is 14.5. The van der Waals surface area contributed by atoms with Crippen LogP contribution in [0.3, 0.4) is 0 Å². The van der Waals surface area contributed by atoms with Crippen LogP contribution in [0.5, 0.6) is 0 Å². The van der Waals surface area contributed by atoms with Crippen LogP contribution >= 0.6 is 23.2 Å². The predicted molar refractivity (Wildman–Crippen MR) is 63.2 cm³/mol. The Balaban J connectivity index is 2.23. The van der Waals surface area contributed by atoms with Gasteiger partial charge in [-0.15, -0.1) is 0 Å². The van der Waals surface area contributed by atoms with Crippen LogP contribution in [0.1, 0.15) is 5.56 Å². The smallest absolute Gasteiger partial charge is 0.376 e. The number of hydroxylamine groups is 1. The molecule has 1 aliphatic rings. The number of hydrogen-bond donors (Lipinski definition) is 3. The molecule has 1 aromatic rings. The molecule has 1 saturated heterocycles. The van der Waals surface area contributed by atoms with Crippen molar-refractivity contribution in [3.8, 4) is 0 Å². The molecule has 16 heavy (non-hydrogen) atoms. The zero-order valence-electron chi connectivity index (χ0n) is 8.50. The zero-order valence-corrected chi connectivity index (χ0v) is 10.0. The summed E-state index contributed by atoms with van der Waals surface area (Å²) in [4.78, 5) is 0. The number of nitrogens with zero attached hydrogens (tertiary/aromatic N) is 1. The van der Waals surface area contributed by atoms with E-state index in [-0.39, 0.29) is 6.54 Å². The number of guanidine groups is 1. The Morgan fingerprint density at radius 1 is 1.19 bits per heavy atom. The fraction of sp³-hybridized carbons (Fsp3) is 0.300. The van der Waals surface area contributed by atoms with Crippen molar-refractivity contribution in [2.75, 3.05) is 13.1 Å². The highest BCUT2D eigenvalue weighted by Crippen LogP contribution is 2.24. The van der Waals surface area contributed by atoms with Gasteiger partial charge in [0.15, 0.2) is 0 Å². The van der Waals surface area contributed by atoms with E-state index in [1.165, 1.54) is 0 Å². The molecule has 0 radical (unpaired) electrons. The van der Waals surface area contributed by atoms with E-state index >= 15 is 0 Å². The first-order valence-corrected chi connectivity index (χ1v) is 5.68. The van der Waals surface area contributed by atoms with Crippen molar-refractivity contribution in [2.45, 2.75) is 6.54 Å². The van der Waals surface area contributed by atoms with Crippen molar-refractivity contribution < 1.29 is 9.95 Å². The molecule has 0 aliphatic carbocycles.